The number of nitrogens with one attached hydrogen (secondary N) is 3. The van der Waals surface area contributed by atoms with Gasteiger partial charge in [-0.2, -0.15) is 4.98 Å². The van der Waals surface area contributed by atoms with E-state index in [0.717, 1.165) is 62.4 Å². The minimum atomic E-state index is -0.0453. The number of anilines is 3. The van der Waals surface area contributed by atoms with Crippen molar-refractivity contribution in [2.45, 2.75) is 32.2 Å². The van der Waals surface area contributed by atoms with Gasteiger partial charge in [-0.05, 0) is 56.5 Å². The molecule has 2 aliphatic rings. The standard InChI is InChI=1S/C24H34BN7O2/c1-3-26-22(33)18-5-4-6-20(18)29-21-19(25)15-27-24(30-21)28-17-9-7-16(8-10-17)23(34)32-13-11-31(2)12-14-32/h7-10,15,18,20H,3-6,11-14,25H2,1-2H3,(H,26,33)(H2,27,28,29,30)/t18-,20+/m0/s1. The summed E-state index contributed by atoms with van der Waals surface area (Å²) in [7, 11) is 4.03. The van der Waals surface area contributed by atoms with Crippen LogP contribution >= 0.6 is 0 Å². The van der Waals surface area contributed by atoms with Crippen molar-refractivity contribution in [2.24, 2.45) is 5.92 Å². The van der Waals surface area contributed by atoms with Crippen molar-refractivity contribution < 1.29 is 9.59 Å². The normalized spacial score (nSPS) is 20.7. The SMILES string of the molecule is Bc1cnc(Nc2ccc(C(=O)N3CCN(C)CC3)cc2)nc1N[C@@H]1CCC[C@@H]1C(=O)NCC. The van der Waals surface area contributed by atoms with Crippen LogP contribution < -0.4 is 21.4 Å². The van der Waals surface area contributed by atoms with E-state index in [1.54, 1.807) is 6.20 Å². The number of nitrogens with zero attached hydrogens (tertiary/aromatic N) is 4. The van der Waals surface area contributed by atoms with E-state index in [1.165, 1.54) is 0 Å². The van der Waals surface area contributed by atoms with Gasteiger partial charge in [0.25, 0.3) is 5.91 Å². The molecule has 1 aromatic carbocycles. The number of carbonyl (C=O) groups excluding carboxylic acids is 2. The summed E-state index contributed by atoms with van der Waals surface area (Å²) in [6, 6.07) is 7.49. The Labute approximate surface area is 202 Å². The van der Waals surface area contributed by atoms with Crippen LogP contribution in [0.1, 0.15) is 36.5 Å². The van der Waals surface area contributed by atoms with Gasteiger partial charge in [0.15, 0.2) is 0 Å². The first-order valence-electron chi connectivity index (χ1n) is 12.2. The first-order chi connectivity index (χ1) is 16.4. The molecule has 2 amide bonds. The third-order valence-corrected chi connectivity index (χ3v) is 6.68. The minimum absolute atomic E-state index is 0.0453. The van der Waals surface area contributed by atoms with Gasteiger partial charge in [-0.1, -0.05) is 6.42 Å². The van der Waals surface area contributed by atoms with E-state index in [1.807, 2.05) is 43.9 Å². The third-order valence-electron chi connectivity index (χ3n) is 6.68. The predicted molar refractivity (Wildman–Crippen MR) is 137 cm³/mol. The lowest BCUT2D eigenvalue weighted by Crippen LogP contribution is -2.47. The Morgan fingerprint density at radius 3 is 2.56 bits per heavy atom. The molecule has 2 aromatic rings. The Morgan fingerprint density at radius 2 is 1.85 bits per heavy atom. The summed E-state index contributed by atoms with van der Waals surface area (Å²) in [6.07, 6.45) is 4.63. The molecule has 1 saturated carbocycles. The number of piperazine rings is 1. The maximum absolute atomic E-state index is 12.8. The highest BCUT2D eigenvalue weighted by molar-refractivity contribution is 6.35. The molecule has 2 atom stereocenters. The van der Waals surface area contributed by atoms with Gasteiger partial charge < -0.3 is 25.8 Å². The average Bonchev–Trinajstić information content (AvgIpc) is 3.30. The predicted octanol–water partition coefficient (Wildman–Crippen LogP) is 0.583. The van der Waals surface area contributed by atoms with Crippen LogP contribution in [0, 0.1) is 5.92 Å². The number of hydrogen-bond acceptors (Lipinski definition) is 7. The Hall–Kier alpha value is -3.14. The van der Waals surface area contributed by atoms with E-state index in [4.69, 9.17) is 0 Å². The van der Waals surface area contributed by atoms with Crippen LogP contribution in [-0.4, -0.2) is 85.2 Å². The Morgan fingerprint density at radius 1 is 1.12 bits per heavy atom. The van der Waals surface area contributed by atoms with E-state index < -0.39 is 0 Å². The molecule has 180 valence electrons. The largest absolute Gasteiger partial charge is 0.367 e. The molecule has 4 rings (SSSR count). The van der Waals surface area contributed by atoms with Crippen LogP contribution in [0.5, 0.6) is 0 Å². The second-order valence-corrected chi connectivity index (χ2v) is 9.21. The summed E-state index contributed by atoms with van der Waals surface area (Å²) in [6.45, 7) is 5.89. The quantitative estimate of drug-likeness (QED) is 0.517. The summed E-state index contributed by atoms with van der Waals surface area (Å²) in [4.78, 5) is 38.4. The summed E-state index contributed by atoms with van der Waals surface area (Å²) >= 11 is 0. The van der Waals surface area contributed by atoms with E-state index >= 15 is 0 Å². The summed E-state index contributed by atoms with van der Waals surface area (Å²) < 4.78 is 0. The number of benzene rings is 1. The number of likely N-dealkylation sites (N-methyl/N-ethyl adjacent to an activating group) is 1. The van der Waals surface area contributed by atoms with Gasteiger partial charge in [-0.25, -0.2) is 4.98 Å². The maximum Gasteiger partial charge on any atom is 0.253 e. The molecule has 0 bridgehead atoms. The van der Waals surface area contributed by atoms with Crippen molar-refractivity contribution in [3.05, 3.63) is 36.0 Å². The molecule has 0 radical (unpaired) electrons. The highest BCUT2D eigenvalue weighted by atomic mass is 16.2. The molecule has 10 heteroatoms. The van der Waals surface area contributed by atoms with Gasteiger partial charge in [0.1, 0.15) is 13.7 Å². The Bertz CT molecular complexity index is 1010. The van der Waals surface area contributed by atoms with Crippen LogP contribution in [-0.2, 0) is 4.79 Å². The van der Waals surface area contributed by atoms with Crippen LogP contribution in [0.3, 0.4) is 0 Å². The molecule has 1 aliphatic heterocycles. The lowest BCUT2D eigenvalue weighted by Gasteiger charge is -2.32. The molecule has 34 heavy (non-hydrogen) atoms. The van der Waals surface area contributed by atoms with Crippen molar-refractivity contribution in [2.75, 3.05) is 50.4 Å². The van der Waals surface area contributed by atoms with Gasteiger partial charge in [-0.15, -0.1) is 0 Å². The fraction of sp³-hybridized carbons (Fsp3) is 0.500. The monoisotopic (exact) mass is 463 g/mol. The zero-order chi connectivity index (χ0) is 24.1. The lowest BCUT2D eigenvalue weighted by atomic mass is 9.97. The van der Waals surface area contributed by atoms with Gasteiger partial charge in [0.05, 0.1) is 5.92 Å². The fourth-order valence-corrected chi connectivity index (χ4v) is 4.59. The molecule has 3 N–H and O–H groups in total. The fourth-order valence-electron chi connectivity index (χ4n) is 4.59. The number of rotatable bonds is 7. The van der Waals surface area contributed by atoms with Gasteiger partial charge in [0, 0.05) is 56.2 Å². The molecule has 9 nitrogen and oxygen atoms in total. The molecule has 2 heterocycles. The average molecular weight is 463 g/mol. The van der Waals surface area contributed by atoms with Crippen molar-refractivity contribution in [1.82, 2.24) is 25.1 Å². The van der Waals surface area contributed by atoms with Crippen LogP contribution in [0.15, 0.2) is 30.5 Å². The van der Waals surface area contributed by atoms with E-state index in [0.29, 0.717) is 18.1 Å². The van der Waals surface area contributed by atoms with Crippen molar-refractivity contribution in [3.63, 3.8) is 0 Å². The second-order valence-electron chi connectivity index (χ2n) is 9.21. The van der Waals surface area contributed by atoms with Crippen LogP contribution in [0.4, 0.5) is 17.5 Å². The number of hydrogen-bond donors (Lipinski definition) is 3. The smallest absolute Gasteiger partial charge is 0.253 e. The molecule has 0 spiro atoms. The zero-order valence-corrected chi connectivity index (χ0v) is 20.3. The van der Waals surface area contributed by atoms with Crippen molar-refractivity contribution >= 4 is 42.6 Å². The number of amides is 2. The Balaban J connectivity index is 1.40. The molecule has 0 unspecified atom stereocenters. The van der Waals surface area contributed by atoms with Crippen molar-refractivity contribution in [1.29, 1.82) is 0 Å². The second kappa shape index (κ2) is 10.9. The van der Waals surface area contributed by atoms with Crippen LogP contribution in [0.25, 0.3) is 0 Å². The highest BCUT2D eigenvalue weighted by Gasteiger charge is 2.33. The zero-order valence-electron chi connectivity index (χ0n) is 20.3. The molecular formula is C24H34BN7O2. The topological polar surface area (TPSA) is 102 Å². The Kier molecular flexibility index (Phi) is 7.67. The number of aromatic nitrogens is 2. The highest BCUT2D eigenvalue weighted by Crippen LogP contribution is 2.28. The van der Waals surface area contributed by atoms with E-state index in [2.05, 4.69) is 37.9 Å². The molecule has 1 aromatic heterocycles. The molecule has 2 fully saturated rings. The first-order valence-corrected chi connectivity index (χ1v) is 12.2. The minimum Gasteiger partial charge on any atom is -0.367 e. The summed E-state index contributed by atoms with van der Waals surface area (Å²) in [5, 5.41) is 9.66. The van der Waals surface area contributed by atoms with Gasteiger partial charge in [-0.3, -0.25) is 9.59 Å². The van der Waals surface area contributed by atoms with Crippen molar-refractivity contribution in [3.8, 4) is 0 Å². The summed E-state index contributed by atoms with van der Waals surface area (Å²) in [5.74, 6) is 1.33. The third kappa shape index (κ3) is 5.67. The van der Waals surface area contributed by atoms with E-state index in [-0.39, 0.29) is 23.8 Å². The summed E-state index contributed by atoms with van der Waals surface area (Å²) in [5.41, 5.74) is 2.42. The first kappa shape index (κ1) is 24.0. The van der Waals surface area contributed by atoms with Gasteiger partial charge >= 0.3 is 0 Å². The maximum atomic E-state index is 12.8. The van der Waals surface area contributed by atoms with Gasteiger partial charge in [0.2, 0.25) is 11.9 Å². The lowest BCUT2D eigenvalue weighted by molar-refractivity contribution is -0.124. The van der Waals surface area contributed by atoms with Crippen LogP contribution in [0.2, 0.25) is 0 Å². The van der Waals surface area contributed by atoms with E-state index in [9.17, 15) is 9.59 Å². The number of carbonyl (C=O) groups is 2. The molecule has 1 aliphatic carbocycles. The molecule has 1 saturated heterocycles. The molecular weight excluding hydrogens is 429 g/mol.